The molecule has 2 N–H and O–H groups in total. The van der Waals surface area contributed by atoms with Gasteiger partial charge in [-0.3, -0.25) is 4.79 Å². The van der Waals surface area contributed by atoms with Gasteiger partial charge in [-0.2, -0.15) is 0 Å². The summed E-state index contributed by atoms with van der Waals surface area (Å²) in [5.41, 5.74) is 6.22. The molecule has 0 fully saturated rings. The molecule has 6 heteroatoms. The Kier molecular flexibility index (Phi) is 3.87. The molecule has 0 aliphatic rings. The lowest BCUT2D eigenvalue weighted by molar-refractivity contribution is 0.924. The number of thiophene rings is 1. The van der Waals surface area contributed by atoms with Gasteiger partial charge in [0.2, 0.25) is 0 Å². The molecule has 2 aromatic carbocycles. The van der Waals surface area contributed by atoms with Gasteiger partial charge in [-0.1, -0.05) is 30.3 Å². The van der Waals surface area contributed by atoms with E-state index in [1.165, 1.54) is 22.5 Å². The maximum Gasteiger partial charge on any atom is 0.260 e. The van der Waals surface area contributed by atoms with Crippen molar-refractivity contribution in [2.45, 2.75) is 20.3 Å². The standard InChI is InChI=1S/C22H18N4OS/c1-12-7-8-14(9-13(12)2)15-11-28-22-20(15)21(27)25-19(26-22)10-18-23-16-5-3-4-6-17(16)24-18/h3-9,11H,10H2,1-2H3,(H,23,24)(H,25,26,27). The van der Waals surface area contributed by atoms with Crippen LogP contribution in [0.15, 0.2) is 52.6 Å². The van der Waals surface area contributed by atoms with E-state index in [2.05, 4.69) is 47.0 Å². The molecule has 0 saturated heterocycles. The van der Waals surface area contributed by atoms with Crippen molar-refractivity contribution in [2.24, 2.45) is 0 Å². The minimum Gasteiger partial charge on any atom is -0.342 e. The zero-order valence-electron chi connectivity index (χ0n) is 15.5. The van der Waals surface area contributed by atoms with Crippen molar-refractivity contribution in [3.05, 3.63) is 81.0 Å². The van der Waals surface area contributed by atoms with E-state index >= 15 is 0 Å². The third-order valence-corrected chi connectivity index (χ3v) is 5.96. The van der Waals surface area contributed by atoms with Crippen LogP contribution >= 0.6 is 11.3 Å². The third-order valence-electron chi connectivity index (χ3n) is 5.08. The van der Waals surface area contributed by atoms with E-state index in [0.717, 1.165) is 32.8 Å². The van der Waals surface area contributed by atoms with Crippen molar-refractivity contribution in [3.8, 4) is 11.1 Å². The Morgan fingerprint density at radius 1 is 0.964 bits per heavy atom. The highest BCUT2D eigenvalue weighted by atomic mass is 32.1. The van der Waals surface area contributed by atoms with Crippen molar-refractivity contribution in [2.75, 3.05) is 0 Å². The van der Waals surface area contributed by atoms with Crippen LogP contribution < -0.4 is 5.56 Å². The summed E-state index contributed by atoms with van der Waals surface area (Å²) in [5, 5.41) is 2.67. The lowest BCUT2D eigenvalue weighted by Crippen LogP contribution is -2.12. The van der Waals surface area contributed by atoms with Gasteiger partial charge in [-0.05, 0) is 42.7 Å². The molecule has 0 aliphatic heterocycles. The summed E-state index contributed by atoms with van der Waals surface area (Å²) in [4.78, 5) is 29.1. The molecule has 0 radical (unpaired) electrons. The highest BCUT2D eigenvalue weighted by molar-refractivity contribution is 7.17. The summed E-state index contributed by atoms with van der Waals surface area (Å²) >= 11 is 1.50. The number of hydrogen-bond acceptors (Lipinski definition) is 4. The fourth-order valence-corrected chi connectivity index (χ4v) is 4.41. The SMILES string of the molecule is Cc1ccc(-c2csc3nc(Cc4nc5ccccc5[nH]4)[nH]c(=O)c23)cc1C. The summed E-state index contributed by atoms with van der Waals surface area (Å²) in [6.07, 6.45) is 0.455. The normalized spacial score (nSPS) is 11.5. The van der Waals surface area contributed by atoms with Crippen LogP contribution in [0.1, 0.15) is 22.8 Å². The molecule has 138 valence electrons. The quantitative estimate of drug-likeness (QED) is 0.470. The van der Waals surface area contributed by atoms with Crippen LogP contribution in [0.4, 0.5) is 0 Å². The Morgan fingerprint density at radius 3 is 2.61 bits per heavy atom. The van der Waals surface area contributed by atoms with Crippen LogP contribution in [-0.2, 0) is 6.42 Å². The zero-order valence-corrected chi connectivity index (χ0v) is 16.4. The van der Waals surface area contributed by atoms with Crippen LogP contribution in [0.5, 0.6) is 0 Å². The number of aromatic amines is 2. The minimum absolute atomic E-state index is 0.106. The molecule has 0 unspecified atom stereocenters. The minimum atomic E-state index is -0.106. The number of H-pyrrole nitrogens is 2. The molecule has 3 aromatic heterocycles. The van der Waals surface area contributed by atoms with E-state index in [0.29, 0.717) is 17.6 Å². The Bertz CT molecular complexity index is 1360. The predicted octanol–water partition coefficient (Wildman–Crippen LogP) is 4.74. The smallest absolute Gasteiger partial charge is 0.260 e. The van der Waals surface area contributed by atoms with E-state index in [1.54, 1.807) is 0 Å². The van der Waals surface area contributed by atoms with E-state index < -0.39 is 0 Å². The molecule has 5 rings (SSSR count). The first kappa shape index (κ1) is 16.9. The number of hydrogen-bond donors (Lipinski definition) is 2. The van der Waals surface area contributed by atoms with Gasteiger partial charge in [0.25, 0.3) is 5.56 Å². The lowest BCUT2D eigenvalue weighted by atomic mass is 10.0. The van der Waals surface area contributed by atoms with Gasteiger partial charge in [-0.15, -0.1) is 11.3 Å². The van der Waals surface area contributed by atoms with Gasteiger partial charge in [0.15, 0.2) is 0 Å². The van der Waals surface area contributed by atoms with Gasteiger partial charge < -0.3 is 9.97 Å². The van der Waals surface area contributed by atoms with Crippen molar-refractivity contribution in [1.29, 1.82) is 0 Å². The van der Waals surface area contributed by atoms with Gasteiger partial charge in [-0.25, -0.2) is 9.97 Å². The van der Waals surface area contributed by atoms with E-state index in [9.17, 15) is 4.79 Å². The van der Waals surface area contributed by atoms with E-state index in [1.807, 2.05) is 29.6 Å². The predicted molar refractivity (Wildman–Crippen MR) is 114 cm³/mol. The number of fused-ring (bicyclic) bond motifs is 2. The Hall–Kier alpha value is -3.25. The summed E-state index contributed by atoms with van der Waals surface area (Å²) in [6, 6.07) is 14.1. The van der Waals surface area contributed by atoms with Gasteiger partial charge in [0, 0.05) is 10.9 Å². The first-order valence-corrected chi connectivity index (χ1v) is 9.98. The van der Waals surface area contributed by atoms with Gasteiger partial charge in [0.05, 0.1) is 22.8 Å². The Morgan fingerprint density at radius 2 is 1.79 bits per heavy atom. The molecule has 0 aliphatic carbocycles. The first-order valence-electron chi connectivity index (χ1n) is 9.10. The number of para-hydroxylation sites is 2. The summed E-state index contributed by atoms with van der Waals surface area (Å²) in [5.74, 6) is 1.40. The van der Waals surface area contributed by atoms with Crippen molar-refractivity contribution in [3.63, 3.8) is 0 Å². The van der Waals surface area contributed by atoms with Crippen LogP contribution in [0.3, 0.4) is 0 Å². The zero-order chi connectivity index (χ0) is 19.3. The number of benzene rings is 2. The third kappa shape index (κ3) is 2.82. The summed E-state index contributed by atoms with van der Waals surface area (Å²) < 4.78 is 0. The summed E-state index contributed by atoms with van der Waals surface area (Å²) in [6.45, 7) is 4.17. The highest BCUT2D eigenvalue weighted by Gasteiger charge is 2.14. The number of rotatable bonds is 3. The lowest BCUT2D eigenvalue weighted by Gasteiger charge is -2.04. The topological polar surface area (TPSA) is 74.4 Å². The number of nitrogens with one attached hydrogen (secondary N) is 2. The molecule has 5 nitrogen and oxygen atoms in total. The second-order valence-electron chi connectivity index (χ2n) is 7.02. The molecule has 0 atom stereocenters. The van der Waals surface area contributed by atoms with Crippen molar-refractivity contribution < 1.29 is 0 Å². The van der Waals surface area contributed by atoms with Crippen molar-refractivity contribution >= 4 is 32.6 Å². The molecular weight excluding hydrogens is 368 g/mol. The largest absolute Gasteiger partial charge is 0.342 e. The second kappa shape index (κ2) is 6.42. The van der Waals surface area contributed by atoms with Crippen LogP contribution in [0, 0.1) is 13.8 Å². The second-order valence-corrected chi connectivity index (χ2v) is 7.88. The molecule has 0 saturated carbocycles. The molecule has 28 heavy (non-hydrogen) atoms. The van der Waals surface area contributed by atoms with Gasteiger partial charge in [0.1, 0.15) is 16.5 Å². The van der Waals surface area contributed by atoms with E-state index in [4.69, 9.17) is 4.98 Å². The van der Waals surface area contributed by atoms with Crippen molar-refractivity contribution in [1.82, 2.24) is 19.9 Å². The van der Waals surface area contributed by atoms with Gasteiger partial charge >= 0.3 is 0 Å². The Balaban J connectivity index is 1.56. The van der Waals surface area contributed by atoms with Crippen LogP contribution in [-0.4, -0.2) is 19.9 Å². The number of imidazole rings is 1. The number of nitrogens with zero attached hydrogens (tertiary/aromatic N) is 2. The number of aromatic nitrogens is 4. The van der Waals surface area contributed by atoms with Crippen LogP contribution in [0.2, 0.25) is 0 Å². The average Bonchev–Trinajstić information content (AvgIpc) is 3.27. The van der Waals surface area contributed by atoms with Crippen LogP contribution in [0.25, 0.3) is 32.4 Å². The Labute approximate surface area is 165 Å². The first-order chi connectivity index (χ1) is 13.6. The fourth-order valence-electron chi connectivity index (χ4n) is 3.45. The molecule has 0 spiro atoms. The molecule has 3 heterocycles. The monoisotopic (exact) mass is 386 g/mol. The molecular formula is C22H18N4OS. The van der Waals surface area contributed by atoms with E-state index in [-0.39, 0.29) is 5.56 Å². The highest BCUT2D eigenvalue weighted by Crippen LogP contribution is 2.31. The fraction of sp³-hybridized carbons (Fsp3) is 0.136. The maximum absolute atomic E-state index is 12.8. The average molecular weight is 386 g/mol. The molecule has 0 bridgehead atoms. The summed E-state index contributed by atoms with van der Waals surface area (Å²) in [7, 11) is 0. The number of aryl methyl sites for hydroxylation is 2. The maximum atomic E-state index is 12.8. The molecule has 5 aromatic rings. The molecule has 0 amide bonds.